The minimum absolute atomic E-state index is 0.134. The lowest BCUT2D eigenvalue weighted by Crippen LogP contribution is -2.25. The molecule has 10 heteroatoms. The summed E-state index contributed by atoms with van der Waals surface area (Å²) in [6.07, 6.45) is -0.371. The molecule has 1 aliphatic heterocycles. The van der Waals surface area contributed by atoms with Crippen LogP contribution >= 0.6 is 23.4 Å². The Balaban J connectivity index is 1.13. The highest BCUT2D eigenvalue weighted by Crippen LogP contribution is 2.35. The third-order valence-corrected chi connectivity index (χ3v) is 6.52. The SMILES string of the molecule is Cn1c(SCC(=O)NCc2ccc(-c3ccc(Cl)cc3)o2)nnc1C1COc2ccccc2O1. The van der Waals surface area contributed by atoms with E-state index in [0.717, 1.165) is 11.3 Å². The highest BCUT2D eigenvalue weighted by molar-refractivity contribution is 7.99. The van der Waals surface area contributed by atoms with Crippen molar-refractivity contribution < 1.29 is 18.7 Å². The Morgan fingerprint density at radius 3 is 2.74 bits per heavy atom. The summed E-state index contributed by atoms with van der Waals surface area (Å²) in [6, 6.07) is 18.6. The summed E-state index contributed by atoms with van der Waals surface area (Å²) in [7, 11) is 1.85. The molecular weight excluding hydrogens is 476 g/mol. The predicted octanol–water partition coefficient (Wildman–Crippen LogP) is 4.65. The third kappa shape index (κ3) is 4.90. The van der Waals surface area contributed by atoms with Crippen molar-refractivity contribution in [2.75, 3.05) is 12.4 Å². The van der Waals surface area contributed by atoms with Gasteiger partial charge in [0.15, 0.2) is 28.6 Å². The molecular formula is C24H21ClN4O4S. The maximum absolute atomic E-state index is 12.4. The first-order valence-corrected chi connectivity index (χ1v) is 11.9. The second-order valence-corrected chi connectivity index (χ2v) is 8.98. The van der Waals surface area contributed by atoms with E-state index in [1.807, 2.05) is 72.3 Å². The first-order valence-electron chi connectivity index (χ1n) is 10.6. The van der Waals surface area contributed by atoms with E-state index in [4.69, 9.17) is 25.5 Å². The van der Waals surface area contributed by atoms with E-state index in [9.17, 15) is 4.79 Å². The van der Waals surface area contributed by atoms with Gasteiger partial charge in [-0.3, -0.25) is 4.79 Å². The number of aromatic nitrogens is 3. The molecule has 1 amide bonds. The second-order valence-electron chi connectivity index (χ2n) is 7.60. The highest BCUT2D eigenvalue weighted by Gasteiger charge is 2.27. The Morgan fingerprint density at radius 2 is 1.91 bits per heavy atom. The number of thioether (sulfide) groups is 1. The highest BCUT2D eigenvalue weighted by atomic mass is 35.5. The Kier molecular flexibility index (Phi) is 6.46. The quantitative estimate of drug-likeness (QED) is 0.372. The van der Waals surface area contributed by atoms with Gasteiger partial charge in [-0.1, -0.05) is 35.5 Å². The number of furan rings is 1. The molecule has 0 saturated heterocycles. The fourth-order valence-electron chi connectivity index (χ4n) is 3.49. The Hall–Kier alpha value is -3.43. The molecule has 1 atom stereocenters. The van der Waals surface area contributed by atoms with Crippen LogP contribution in [0.5, 0.6) is 11.5 Å². The van der Waals surface area contributed by atoms with Crippen LogP contribution < -0.4 is 14.8 Å². The van der Waals surface area contributed by atoms with Gasteiger partial charge in [0.2, 0.25) is 5.91 Å². The fourth-order valence-corrected chi connectivity index (χ4v) is 4.36. The van der Waals surface area contributed by atoms with Crippen LogP contribution in [0.25, 0.3) is 11.3 Å². The van der Waals surface area contributed by atoms with Crippen LogP contribution in [-0.2, 0) is 18.4 Å². The van der Waals surface area contributed by atoms with Crippen molar-refractivity contribution in [3.05, 3.63) is 77.3 Å². The van der Waals surface area contributed by atoms with Crippen LogP contribution in [0.2, 0.25) is 5.02 Å². The van der Waals surface area contributed by atoms with Gasteiger partial charge in [0, 0.05) is 17.6 Å². The summed E-state index contributed by atoms with van der Waals surface area (Å²) in [4.78, 5) is 12.4. The Labute approximate surface area is 205 Å². The van der Waals surface area contributed by atoms with Gasteiger partial charge < -0.3 is 23.8 Å². The summed E-state index contributed by atoms with van der Waals surface area (Å²) in [5, 5.41) is 12.6. The molecule has 1 unspecified atom stereocenters. The Morgan fingerprint density at radius 1 is 1.12 bits per heavy atom. The largest absolute Gasteiger partial charge is 0.485 e. The lowest BCUT2D eigenvalue weighted by Gasteiger charge is -2.25. The van der Waals surface area contributed by atoms with Crippen LogP contribution in [-0.4, -0.2) is 33.0 Å². The lowest BCUT2D eigenvalue weighted by atomic mass is 10.2. The zero-order valence-electron chi connectivity index (χ0n) is 18.2. The molecule has 2 aromatic carbocycles. The van der Waals surface area contributed by atoms with Gasteiger partial charge in [-0.25, -0.2) is 0 Å². The number of hydrogen-bond donors (Lipinski definition) is 1. The summed E-state index contributed by atoms with van der Waals surface area (Å²) in [6.45, 7) is 0.638. The molecule has 0 fully saturated rings. The Bertz CT molecular complexity index is 1300. The van der Waals surface area contributed by atoms with Crippen LogP contribution in [0.15, 0.2) is 70.2 Å². The van der Waals surface area contributed by atoms with Gasteiger partial charge in [0.1, 0.15) is 18.1 Å². The second kappa shape index (κ2) is 9.82. The monoisotopic (exact) mass is 496 g/mol. The van der Waals surface area contributed by atoms with Crippen molar-refractivity contribution in [3.63, 3.8) is 0 Å². The molecule has 8 nitrogen and oxygen atoms in total. The molecule has 0 bridgehead atoms. The van der Waals surface area contributed by atoms with Crippen molar-refractivity contribution >= 4 is 29.3 Å². The van der Waals surface area contributed by atoms with E-state index in [-0.39, 0.29) is 17.8 Å². The molecule has 0 saturated carbocycles. The number of nitrogens with zero attached hydrogens (tertiary/aromatic N) is 3. The molecule has 3 heterocycles. The van der Waals surface area contributed by atoms with E-state index >= 15 is 0 Å². The molecule has 34 heavy (non-hydrogen) atoms. The van der Waals surface area contributed by atoms with E-state index in [1.165, 1.54) is 11.8 Å². The number of carbonyl (C=O) groups is 1. The number of amides is 1. The van der Waals surface area contributed by atoms with Crippen molar-refractivity contribution in [1.82, 2.24) is 20.1 Å². The zero-order chi connectivity index (χ0) is 23.5. The van der Waals surface area contributed by atoms with Crippen molar-refractivity contribution in [1.29, 1.82) is 0 Å². The van der Waals surface area contributed by atoms with Crippen molar-refractivity contribution in [2.45, 2.75) is 17.8 Å². The lowest BCUT2D eigenvalue weighted by molar-refractivity contribution is -0.118. The number of halogens is 1. The molecule has 0 aliphatic carbocycles. The standard InChI is InChI=1S/C24H21ClN4O4S/c1-29-23(21-13-31-19-4-2-3-5-20(19)33-21)27-28-24(29)34-14-22(30)26-12-17-10-11-18(32-17)15-6-8-16(25)9-7-15/h2-11,21H,12-14H2,1H3,(H,26,30). The van der Waals surface area contributed by atoms with E-state index < -0.39 is 0 Å². The predicted molar refractivity (Wildman–Crippen MR) is 128 cm³/mol. The number of nitrogens with one attached hydrogen (secondary N) is 1. The fraction of sp³-hybridized carbons (Fsp3) is 0.208. The van der Waals surface area contributed by atoms with Gasteiger partial charge in [0.05, 0.1) is 12.3 Å². The number of ether oxygens (including phenoxy) is 2. The minimum Gasteiger partial charge on any atom is -0.485 e. The minimum atomic E-state index is -0.371. The maximum Gasteiger partial charge on any atom is 0.230 e. The maximum atomic E-state index is 12.4. The average Bonchev–Trinajstić information content (AvgIpc) is 3.48. The number of para-hydroxylation sites is 2. The average molecular weight is 497 g/mol. The molecule has 0 radical (unpaired) electrons. The van der Waals surface area contributed by atoms with Crippen LogP contribution in [0.1, 0.15) is 17.7 Å². The molecule has 5 rings (SSSR count). The van der Waals surface area contributed by atoms with E-state index in [2.05, 4.69) is 15.5 Å². The van der Waals surface area contributed by atoms with Crippen LogP contribution in [0.4, 0.5) is 0 Å². The normalized spacial score (nSPS) is 14.7. The molecule has 2 aromatic heterocycles. The van der Waals surface area contributed by atoms with Gasteiger partial charge in [0.25, 0.3) is 0 Å². The molecule has 174 valence electrons. The number of fused-ring (bicyclic) bond motifs is 1. The van der Waals surface area contributed by atoms with Crippen LogP contribution in [0, 0.1) is 0 Å². The number of rotatable bonds is 7. The summed E-state index contributed by atoms with van der Waals surface area (Å²) in [5.74, 6) is 3.48. The van der Waals surface area contributed by atoms with Gasteiger partial charge in [-0.05, 0) is 48.5 Å². The van der Waals surface area contributed by atoms with E-state index in [1.54, 1.807) is 0 Å². The van der Waals surface area contributed by atoms with Gasteiger partial charge in [-0.2, -0.15) is 0 Å². The van der Waals surface area contributed by atoms with Crippen LogP contribution in [0.3, 0.4) is 0 Å². The van der Waals surface area contributed by atoms with Crippen molar-refractivity contribution in [3.8, 4) is 22.8 Å². The summed E-state index contributed by atoms with van der Waals surface area (Å²) >= 11 is 7.23. The summed E-state index contributed by atoms with van der Waals surface area (Å²) < 4.78 is 19.4. The summed E-state index contributed by atoms with van der Waals surface area (Å²) in [5.41, 5.74) is 0.923. The first-order chi connectivity index (χ1) is 16.6. The van der Waals surface area contributed by atoms with Gasteiger partial charge >= 0.3 is 0 Å². The third-order valence-electron chi connectivity index (χ3n) is 5.25. The topological polar surface area (TPSA) is 91.4 Å². The van der Waals surface area contributed by atoms with Crippen molar-refractivity contribution in [2.24, 2.45) is 7.05 Å². The molecule has 1 aliphatic rings. The molecule has 1 N–H and O–H groups in total. The number of hydrogen-bond acceptors (Lipinski definition) is 7. The van der Waals surface area contributed by atoms with Gasteiger partial charge in [-0.15, -0.1) is 10.2 Å². The molecule has 0 spiro atoms. The zero-order valence-corrected chi connectivity index (χ0v) is 19.8. The van der Waals surface area contributed by atoms with E-state index in [0.29, 0.717) is 46.4 Å². The number of carbonyl (C=O) groups excluding carboxylic acids is 1. The number of benzene rings is 2. The first kappa shape index (κ1) is 22.4. The molecule has 4 aromatic rings. The smallest absolute Gasteiger partial charge is 0.230 e.